The molecule has 0 bridgehead atoms. The van der Waals surface area contributed by atoms with E-state index in [1.54, 1.807) is 21.1 Å². The Morgan fingerprint density at radius 2 is 1.22 bits per heavy atom. The second-order valence-electron chi connectivity index (χ2n) is 2.90. The number of hydrogen-bond acceptors (Lipinski definition) is 0. The van der Waals surface area contributed by atoms with Crippen molar-refractivity contribution in [2.24, 2.45) is 0 Å². The van der Waals surface area contributed by atoms with E-state index in [1.165, 1.54) is 0 Å². The van der Waals surface area contributed by atoms with E-state index in [-0.39, 0.29) is 26.2 Å². The van der Waals surface area contributed by atoms with Crippen molar-refractivity contribution >= 4 is 0 Å². The molecule has 0 aromatic rings. The van der Waals surface area contributed by atoms with Crippen LogP contribution in [0.1, 0.15) is 27.2 Å². The van der Waals surface area contributed by atoms with Crippen molar-refractivity contribution in [3.05, 3.63) is 40.3 Å². The summed E-state index contributed by atoms with van der Waals surface area (Å²) in [6.45, 7) is 8.88. The van der Waals surface area contributed by atoms with Crippen LogP contribution in [0.4, 0.5) is 0 Å². The molecule has 0 atom stereocenters. The van der Waals surface area contributed by atoms with Gasteiger partial charge in [-0.3, -0.25) is 6.08 Å². The van der Waals surface area contributed by atoms with Gasteiger partial charge in [-0.1, -0.05) is 20.8 Å². The van der Waals surface area contributed by atoms with Crippen LogP contribution in [-0.4, -0.2) is 40.8 Å². The summed E-state index contributed by atoms with van der Waals surface area (Å²) in [6, 6.07) is 0. The van der Waals surface area contributed by atoms with Gasteiger partial charge >= 0.3 is 26.2 Å². The van der Waals surface area contributed by atoms with Crippen LogP contribution in [0.5, 0.6) is 0 Å². The van der Waals surface area contributed by atoms with Crippen molar-refractivity contribution in [3.63, 3.8) is 0 Å². The molecule has 4 heteroatoms. The van der Waals surface area contributed by atoms with E-state index in [9.17, 15) is 0 Å². The first-order chi connectivity index (χ1) is 8.24. The van der Waals surface area contributed by atoms with E-state index < -0.39 is 0 Å². The molecule has 0 aromatic carbocycles. The Morgan fingerprint density at radius 1 is 0.889 bits per heavy atom. The van der Waals surface area contributed by atoms with Crippen molar-refractivity contribution in [1.82, 2.24) is 0 Å². The standard InChI is InChI=1S/C5H5.3C3H8N.Zr/c1-2-4-5-3-1;3*1-3-4-2;/h1-3H,4H2;3*3H2,1-2H3;/q4*-1;+4. The molecule has 0 unspecified atom stereocenters. The molecule has 0 aromatic heterocycles. The van der Waals surface area contributed by atoms with Gasteiger partial charge in [0.05, 0.1) is 0 Å². The zero-order valence-electron chi connectivity index (χ0n) is 12.9. The number of nitrogens with zero attached hydrogens (tertiary/aromatic N) is 3. The fourth-order valence-electron chi connectivity index (χ4n) is 0.340. The summed E-state index contributed by atoms with van der Waals surface area (Å²) in [5.74, 6) is 0. The molecule has 3 nitrogen and oxygen atoms in total. The molecule has 0 N–H and O–H groups in total. The molecule has 0 amide bonds. The molecule has 0 radical (unpaired) electrons. The van der Waals surface area contributed by atoms with Gasteiger partial charge in [-0.05, 0) is 0 Å². The summed E-state index contributed by atoms with van der Waals surface area (Å²) >= 11 is 0. The average Bonchev–Trinajstić information content (AvgIpc) is 2.98. The van der Waals surface area contributed by atoms with Crippen LogP contribution in [0.25, 0.3) is 16.0 Å². The molecule has 0 spiro atoms. The Morgan fingerprint density at radius 3 is 1.28 bits per heavy atom. The number of hydrogen-bond donors (Lipinski definition) is 0. The maximum atomic E-state index is 3.74. The monoisotopic (exact) mass is 329 g/mol. The molecule has 0 saturated heterocycles. The van der Waals surface area contributed by atoms with Gasteiger partial charge in [-0.15, -0.1) is 6.42 Å². The van der Waals surface area contributed by atoms with Crippen LogP contribution in [0, 0.1) is 6.08 Å². The normalized spacial score (nSPS) is 9.89. The van der Waals surface area contributed by atoms with Crippen LogP contribution in [0.15, 0.2) is 18.2 Å². The quantitative estimate of drug-likeness (QED) is 0.691. The van der Waals surface area contributed by atoms with Crippen molar-refractivity contribution in [2.45, 2.75) is 27.2 Å². The van der Waals surface area contributed by atoms with Crippen LogP contribution >= 0.6 is 0 Å². The molecular formula is C14H29N3Zr. The van der Waals surface area contributed by atoms with Gasteiger partial charge in [0, 0.05) is 0 Å². The predicted molar refractivity (Wildman–Crippen MR) is 81.0 cm³/mol. The molecule has 1 aliphatic rings. The Balaban J connectivity index is -0.0000000719. The summed E-state index contributed by atoms with van der Waals surface area (Å²) in [7, 11) is 5.42. The maximum absolute atomic E-state index is 3.74. The minimum Gasteiger partial charge on any atom is -0.665 e. The van der Waals surface area contributed by atoms with E-state index in [2.05, 4.69) is 28.1 Å². The van der Waals surface area contributed by atoms with Gasteiger partial charge in [0.25, 0.3) is 0 Å². The van der Waals surface area contributed by atoms with Gasteiger partial charge in [0.2, 0.25) is 0 Å². The van der Waals surface area contributed by atoms with E-state index in [4.69, 9.17) is 0 Å². The Kier molecular flexibility index (Phi) is 53.5. The van der Waals surface area contributed by atoms with Crippen molar-refractivity contribution in [2.75, 3.05) is 40.8 Å². The molecule has 0 aliphatic heterocycles. The molecule has 0 heterocycles. The summed E-state index contributed by atoms with van der Waals surface area (Å²) in [5, 5.41) is 11.2. The molecule has 1 rings (SSSR count). The van der Waals surface area contributed by atoms with Gasteiger partial charge in [-0.2, -0.15) is 46.9 Å². The molecule has 104 valence electrons. The van der Waals surface area contributed by atoms with E-state index in [0.717, 1.165) is 26.1 Å². The Bertz CT molecular complexity index is 122. The molecule has 0 fully saturated rings. The minimum atomic E-state index is 0. The van der Waals surface area contributed by atoms with E-state index in [1.807, 2.05) is 32.9 Å². The summed E-state index contributed by atoms with van der Waals surface area (Å²) in [6.07, 6.45) is 10.0. The first-order valence-electron chi connectivity index (χ1n) is 6.13. The summed E-state index contributed by atoms with van der Waals surface area (Å²) in [4.78, 5) is 0. The first-order valence-corrected chi connectivity index (χ1v) is 6.13. The molecule has 1 aliphatic carbocycles. The fraction of sp³-hybridized carbons (Fsp3) is 0.714. The molecular weight excluding hydrogens is 301 g/mol. The second-order valence-corrected chi connectivity index (χ2v) is 2.90. The largest absolute Gasteiger partial charge is 4.00 e. The SMILES string of the molecule is CC[N-]C.CC[N-]C.CC[N-]C.[C-]1=CC=CC1.[Zr+4]. The van der Waals surface area contributed by atoms with Gasteiger partial charge in [-0.25, -0.2) is 12.2 Å². The van der Waals surface area contributed by atoms with Gasteiger partial charge < -0.3 is 16.0 Å². The van der Waals surface area contributed by atoms with Gasteiger partial charge in [0.15, 0.2) is 0 Å². The second kappa shape index (κ2) is 36.0. The molecule has 0 saturated carbocycles. The van der Waals surface area contributed by atoms with Crippen molar-refractivity contribution in [3.8, 4) is 0 Å². The first kappa shape index (κ1) is 26.7. The maximum Gasteiger partial charge on any atom is 4.00 e. The van der Waals surface area contributed by atoms with Crippen LogP contribution in [0.2, 0.25) is 0 Å². The minimum absolute atomic E-state index is 0. The fourth-order valence-corrected chi connectivity index (χ4v) is 0.340. The number of rotatable bonds is 3. The molecule has 18 heavy (non-hydrogen) atoms. The summed E-state index contributed by atoms with van der Waals surface area (Å²) < 4.78 is 0. The third kappa shape index (κ3) is 55.5. The topological polar surface area (TPSA) is 42.3 Å². The van der Waals surface area contributed by atoms with E-state index >= 15 is 0 Å². The Labute approximate surface area is 134 Å². The van der Waals surface area contributed by atoms with Gasteiger partial charge in [0.1, 0.15) is 0 Å². The Hall–Kier alpha value is 0.243. The smallest absolute Gasteiger partial charge is 0.665 e. The third-order valence-electron chi connectivity index (χ3n) is 1.53. The van der Waals surface area contributed by atoms with Crippen LogP contribution < -0.4 is 0 Å². The third-order valence-corrected chi connectivity index (χ3v) is 1.53. The zero-order chi connectivity index (χ0) is 13.8. The van der Waals surface area contributed by atoms with Crippen molar-refractivity contribution < 1.29 is 26.2 Å². The van der Waals surface area contributed by atoms with Crippen molar-refractivity contribution in [1.29, 1.82) is 0 Å². The average molecular weight is 331 g/mol. The number of allylic oxidation sites excluding steroid dienone is 4. The summed E-state index contributed by atoms with van der Waals surface area (Å²) in [5.41, 5.74) is 0. The zero-order valence-corrected chi connectivity index (χ0v) is 15.4. The van der Waals surface area contributed by atoms with E-state index in [0.29, 0.717) is 0 Å². The predicted octanol–water partition coefficient (Wildman–Crippen LogP) is 4.33. The van der Waals surface area contributed by atoms with Crippen LogP contribution in [-0.2, 0) is 26.2 Å². The van der Waals surface area contributed by atoms with Crippen LogP contribution in [0.3, 0.4) is 0 Å².